The maximum Gasteiger partial charge on any atom is 0.278 e. The number of hydrogen-bond acceptors (Lipinski definition) is 3. The summed E-state index contributed by atoms with van der Waals surface area (Å²) in [7, 11) is 0. The topological polar surface area (TPSA) is 41.9 Å². The summed E-state index contributed by atoms with van der Waals surface area (Å²) in [5.41, 5.74) is 4.32. The van der Waals surface area contributed by atoms with Gasteiger partial charge in [0.15, 0.2) is 0 Å². The van der Waals surface area contributed by atoms with Crippen molar-refractivity contribution in [3.05, 3.63) is 53.6 Å². The van der Waals surface area contributed by atoms with Gasteiger partial charge in [-0.05, 0) is 62.9 Å². The molecule has 2 aromatic rings. The quantitative estimate of drug-likeness (QED) is 0.796. The number of carbonyl (C=O) groups is 1. The van der Waals surface area contributed by atoms with E-state index in [1.54, 1.807) is 0 Å². The number of anilines is 1. The van der Waals surface area contributed by atoms with Gasteiger partial charge in [0.05, 0.1) is 18.0 Å². The minimum absolute atomic E-state index is 0.00163. The van der Waals surface area contributed by atoms with Gasteiger partial charge in [-0.15, -0.1) is 0 Å². The van der Waals surface area contributed by atoms with E-state index in [1.807, 2.05) is 48.2 Å². The molecule has 4 rings (SSSR count). The summed E-state index contributed by atoms with van der Waals surface area (Å²) in [6, 6.07) is 13.8. The van der Waals surface area contributed by atoms with Gasteiger partial charge in [-0.3, -0.25) is 4.79 Å². The van der Waals surface area contributed by atoms with E-state index < -0.39 is 0 Å². The van der Waals surface area contributed by atoms with Gasteiger partial charge in [0, 0.05) is 11.1 Å². The van der Waals surface area contributed by atoms with Crippen LogP contribution in [0.4, 0.5) is 11.4 Å². The fourth-order valence-electron chi connectivity index (χ4n) is 4.27. The molecule has 0 fully saturated rings. The third-order valence-corrected chi connectivity index (χ3v) is 5.28. The van der Waals surface area contributed by atoms with Crippen molar-refractivity contribution < 1.29 is 9.53 Å². The Kier molecular flexibility index (Phi) is 3.87. The lowest BCUT2D eigenvalue weighted by atomic mass is 9.80. The van der Waals surface area contributed by atoms with Crippen molar-refractivity contribution in [2.75, 3.05) is 11.5 Å². The molecule has 0 N–H and O–H groups in total. The van der Waals surface area contributed by atoms with Crippen molar-refractivity contribution in [1.82, 2.24) is 0 Å². The van der Waals surface area contributed by atoms with Crippen molar-refractivity contribution in [1.29, 1.82) is 0 Å². The van der Waals surface area contributed by atoms with Gasteiger partial charge in [-0.25, -0.2) is 4.99 Å². The monoisotopic (exact) mass is 348 g/mol. The molecule has 2 aromatic carbocycles. The number of amides is 1. The Hall–Kier alpha value is -2.62. The van der Waals surface area contributed by atoms with Crippen molar-refractivity contribution in [2.45, 2.75) is 45.6 Å². The number of carbonyl (C=O) groups excluding carboxylic acids is 1. The van der Waals surface area contributed by atoms with E-state index in [4.69, 9.17) is 9.73 Å². The first-order valence-corrected chi connectivity index (χ1v) is 9.22. The minimum Gasteiger partial charge on any atom is -0.494 e. The summed E-state index contributed by atoms with van der Waals surface area (Å²) in [6.07, 6.45) is 0.950. The molecule has 26 heavy (non-hydrogen) atoms. The molecule has 134 valence electrons. The Morgan fingerprint density at radius 2 is 1.92 bits per heavy atom. The highest BCUT2D eigenvalue weighted by atomic mass is 16.5. The second-order valence-corrected chi connectivity index (χ2v) is 7.69. The smallest absolute Gasteiger partial charge is 0.278 e. The molecule has 0 saturated heterocycles. The van der Waals surface area contributed by atoms with E-state index >= 15 is 0 Å². The zero-order valence-corrected chi connectivity index (χ0v) is 15.7. The van der Waals surface area contributed by atoms with Crippen LogP contribution in [0.15, 0.2) is 47.5 Å². The Morgan fingerprint density at radius 1 is 1.19 bits per heavy atom. The summed E-state index contributed by atoms with van der Waals surface area (Å²) < 4.78 is 5.48. The Bertz CT molecular complexity index is 897. The first-order valence-electron chi connectivity index (χ1n) is 9.22. The van der Waals surface area contributed by atoms with E-state index in [2.05, 4.69) is 26.8 Å². The highest BCUT2D eigenvalue weighted by Gasteiger charge is 2.47. The number of aliphatic imine (C=N–C) groups is 1. The highest BCUT2D eigenvalue weighted by molar-refractivity contribution is 6.55. The van der Waals surface area contributed by atoms with Gasteiger partial charge < -0.3 is 9.64 Å². The molecule has 0 bridgehead atoms. The van der Waals surface area contributed by atoms with Crippen LogP contribution in [0.5, 0.6) is 5.75 Å². The summed E-state index contributed by atoms with van der Waals surface area (Å²) in [5, 5.41) is 0. The SMILES string of the molecule is CCOc1ccc(N=C2C(=O)N3c4c2cccc4[C@@H](C)CC3(C)C)cc1. The second-order valence-electron chi connectivity index (χ2n) is 7.69. The molecule has 0 aromatic heterocycles. The number of hydrogen-bond donors (Lipinski definition) is 0. The van der Waals surface area contributed by atoms with Gasteiger partial charge in [0.2, 0.25) is 0 Å². The number of benzene rings is 2. The second kappa shape index (κ2) is 5.97. The van der Waals surface area contributed by atoms with Crippen LogP contribution in [0.2, 0.25) is 0 Å². The molecular weight excluding hydrogens is 324 g/mol. The van der Waals surface area contributed by atoms with Crippen LogP contribution in [-0.4, -0.2) is 23.8 Å². The molecule has 2 aliphatic heterocycles. The molecule has 1 amide bonds. The van der Waals surface area contributed by atoms with Gasteiger partial charge in [0.25, 0.3) is 5.91 Å². The molecule has 2 aliphatic rings. The molecule has 1 atom stereocenters. The zero-order chi connectivity index (χ0) is 18.5. The molecule has 4 nitrogen and oxygen atoms in total. The summed E-state index contributed by atoms with van der Waals surface area (Å²) in [4.78, 5) is 19.9. The van der Waals surface area contributed by atoms with Crippen molar-refractivity contribution in [3.8, 4) is 5.75 Å². The average molecular weight is 348 g/mol. The lowest BCUT2D eigenvalue weighted by Crippen LogP contribution is -2.50. The number of para-hydroxylation sites is 1. The van der Waals surface area contributed by atoms with E-state index in [0.717, 1.165) is 29.1 Å². The van der Waals surface area contributed by atoms with Gasteiger partial charge in [0.1, 0.15) is 11.5 Å². The Labute approximate surface area is 154 Å². The van der Waals surface area contributed by atoms with Gasteiger partial charge >= 0.3 is 0 Å². The van der Waals surface area contributed by atoms with Crippen LogP contribution in [0.1, 0.15) is 51.2 Å². The Balaban J connectivity index is 1.82. The van der Waals surface area contributed by atoms with Crippen LogP contribution >= 0.6 is 0 Å². The van der Waals surface area contributed by atoms with Crippen LogP contribution in [0.25, 0.3) is 0 Å². The Morgan fingerprint density at radius 3 is 2.62 bits per heavy atom. The zero-order valence-electron chi connectivity index (χ0n) is 15.7. The maximum absolute atomic E-state index is 13.2. The van der Waals surface area contributed by atoms with Gasteiger partial charge in [-0.2, -0.15) is 0 Å². The molecule has 0 saturated carbocycles. The molecule has 0 spiro atoms. The highest BCUT2D eigenvalue weighted by Crippen LogP contribution is 2.48. The number of rotatable bonds is 3. The van der Waals surface area contributed by atoms with E-state index in [0.29, 0.717) is 18.2 Å². The van der Waals surface area contributed by atoms with Crippen LogP contribution in [0, 0.1) is 0 Å². The fraction of sp³-hybridized carbons (Fsp3) is 0.364. The maximum atomic E-state index is 13.2. The van der Waals surface area contributed by atoms with E-state index in [1.165, 1.54) is 5.56 Å². The summed E-state index contributed by atoms with van der Waals surface area (Å²) >= 11 is 0. The van der Waals surface area contributed by atoms with E-state index in [9.17, 15) is 4.79 Å². The number of nitrogens with zero attached hydrogens (tertiary/aromatic N) is 2. The fourth-order valence-corrected chi connectivity index (χ4v) is 4.27. The molecular formula is C22H24N2O2. The normalized spacial score (nSPS) is 21.8. The minimum atomic E-state index is -0.213. The lowest BCUT2D eigenvalue weighted by Gasteiger charge is -2.43. The van der Waals surface area contributed by atoms with Crippen molar-refractivity contribution in [2.24, 2.45) is 4.99 Å². The lowest BCUT2D eigenvalue weighted by molar-refractivity contribution is -0.113. The summed E-state index contributed by atoms with van der Waals surface area (Å²) in [5.74, 6) is 1.23. The van der Waals surface area contributed by atoms with Crippen LogP contribution < -0.4 is 9.64 Å². The number of ether oxygens (including phenoxy) is 1. The molecule has 0 unspecified atom stereocenters. The van der Waals surface area contributed by atoms with Crippen molar-refractivity contribution >= 4 is 23.0 Å². The molecule has 4 heteroatoms. The predicted molar refractivity (Wildman–Crippen MR) is 105 cm³/mol. The standard InChI is InChI=1S/C22H24N2O2/c1-5-26-16-11-9-15(10-12-16)23-19-18-8-6-7-17-14(2)13-22(3,4)24(20(17)18)21(19)25/h6-12,14H,5,13H2,1-4H3/t14-/m0/s1. The van der Waals surface area contributed by atoms with E-state index in [-0.39, 0.29) is 11.4 Å². The first-order chi connectivity index (χ1) is 12.4. The summed E-state index contributed by atoms with van der Waals surface area (Å²) in [6.45, 7) is 9.10. The predicted octanol–water partition coefficient (Wildman–Crippen LogP) is 4.84. The van der Waals surface area contributed by atoms with Crippen molar-refractivity contribution in [3.63, 3.8) is 0 Å². The third kappa shape index (κ3) is 2.52. The molecule has 2 heterocycles. The average Bonchev–Trinajstić information content (AvgIpc) is 2.88. The van der Waals surface area contributed by atoms with Crippen LogP contribution in [0.3, 0.4) is 0 Å². The molecule has 0 aliphatic carbocycles. The van der Waals surface area contributed by atoms with Crippen LogP contribution in [-0.2, 0) is 4.79 Å². The third-order valence-electron chi connectivity index (χ3n) is 5.28. The molecule has 0 radical (unpaired) electrons. The first kappa shape index (κ1) is 16.8. The van der Waals surface area contributed by atoms with Gasteiger partial charge in [-0.1, -0.05) is 25.1 Å². The largest absolute Gasteiger partial charge is 0.494 e.